The lowest BCUT2D eigenvalue weighted by Crippen LogP contribution is -2.28. The number of para-hydroxylation sites is 1. The van der Waals surface area contributed by atoms with Crippen molar-refractivity contribution in [2.45, 2.75) is 27.4 Å². The largest absolute Gasteiger partial charge is 0.489 e. The van der Waals surface area contributed by atoms with E-state index in [9.17, 15) is 10.0 Å². The summed E-state index contributed by atoms with van der Waals surface area (Å²) in [5, 5.41) is 10.6. The van der Waals surface area contributed by atoms with Gasteiger partial charge in [-0.25, -0.2) is 4.79 Å². The summed E-state index contributed by atoms with van der Waals surface area (Å²) in [6, 6.07) is 11.4. The van der Waals surface area contributed by atoms with E-state index in [4.69, 9.17) is 4.74 Å². The standard InChI is InChI=1S/C18H21NO4/c1-12-8-9-16(14(3)10-12)23-11-15-7-5-6-13(2)17(15)19(21)18(20)22-4/h5-10,21H,11H2,1-4H3. The van der Waals surface area contributed by atoms with Crippen molar-refractivity contribution in [3.63, 3.8) is 0 Å². The maximum atomic E-state index is 11.6. The van der Waals surface area contributed by atoms with Crippen molar-refractivity contribution in [3.8, 4) is 5.75 Å². The SMILES string of the molecule is COC(=O)N(O)c1c(C)cccc1COc1ccc(C)cc1C. The fourth-order valence-corrected chi connectivity index (χ4v) is 2.43. The fourth-order valence-electron chi connectivity index (χ4n) is 2.43. The van der Waals surface area contributed by atoms with Gasteiger partial charge in [0.1, 0.15) is 12.4 Å². The van der Waals surface area contributed by atoms with E-state index in [2.05, 4.69) is 4.74 Å². The highest BCUT2D eigenvalue weighted by Gasteiger charge is 2.19. The van der Waals surface area contributed by atoms with E-state index in [1.54, 1.807) is 6.07 Å². The van der Waals surface area contributed by atoms with Crippen LogP contribution in [0.5, 0.6) is 5.75 Å². The van der Waals surface area contributed by atoms with Gasteiger partial charge in [-0.3, -0.25) is 5.21 Å². The third-order valence-electron chi connectivity index (χ3n) is 3.59. The molecule has 2 aromatic carbocycles. The van der Waals surface area contributed by atoms with Crippen LogP contribution in [0, 0.1) is 20.8 Å². The number of nitrogens with zero attached hydrogens (tertiary/aromatic N) is 1. The minimum Gasteiger partial charge on any atom is -0.489 e. The maximum absolute atomic E-state index is 11.6. The Balaban J connectivity index is 2.26. The number of ether oxygens (including phenoxy) is 2. The molecule has 0 saturated carbocycles. The van der Waals surface area contributed by atoms with Crippen LogP contribution in [0.25, 0.3) is 0 Å². The smallest absolute Gasteiger partial charge is 0.438 e. The van der Waals surface area contributed by atoms with Gasteiger partial charge in [0.25, 0.3) is 0 Å². The number of carbonyl (C=O) groups is 1. The Morgan fingerprint density at radius 3 is 2.52 bits per heavy atom. The monoisotopic (exact) mass is 315 g/mol. The Labute approximate surface area is 136 Å². The van der Waals surface area contributed by atoms with Crippen LogP contribution in [0.2, 0.25) is 0 Å². The Morgan fingerprint density at radius 1 is 1.13 bits per heavy atom. The molecule has 23 heavy (non-hydrogen) atoms. The molecule has 0 radical (unpaired) electrons. The van der Waals surface area contributed by atoms with Gasteiger partial charge >= 0.3 is 6.09 Å². The lowest BCUT2D eigenvalue weighted by molar-refractivity contribution is 0.140. The first-order valence-electron chi connectivity index (χ1n) is 7.29. The number of hydrogen-bond acceptors (Lipinski definition) is 4. The first-order valence-corrected chi connectivity index (χ1v) is 7.29. The maximum Gasteiger partial charge on any atom is 0.438 e. The van der Waals surface area contributed by atoms with Crippen LogP contribution in [-0.2, 0) is 11.3 Å². The first kappa shape index (κ1) is 16.8. The molecule has 0 aliphatic heterocycles. The molecule has 1 N–H and O–H groups in total. The molecule has 0 aliphatic carbocycles. The number of benzene rings is 2. The summed E-state index contributed by atoms with van der Waals surface area (Å²) in [5.74, 6) is 0.769. The van der Waals surface area contributed by atoms with Crippen LogP contribution in [0.3, 0.4) is 0 Å². The molecule has 0 unspecified atom stereocenters. The van der Waals surface area contributed by atoms with Gasteiger partial charge in [0, 0.05) is 5.56 Å². The highest BCUT2D eigenvalue weighted by molar-refractivity contribution is 5.87. The molecule has 0 heterocycles. The molecule has 0 aliphatic rings. The lowest BCUT2D eigenvalue weighted by atomic mass is 10.1. The summed E-state index contributed by atoms with van der Waals surface area (Å²) in [4.78, 5) is 11.6. The molecule has 0 bridgehead atoms. The Morgan fingerprint density at radius 2 is 1.87 bits per heavy atom. The normalized spacial score (nSPS) is 10.3. The lowest BCUT2D eigenvalue weighted by Gasteiger charge is -2.20. The topological polar surface area (TPSA) is 59.0 Å². The van der Waals surface area contributed by atoms with Crippen LogP contribution in [-0.4, -0.2) is 18.4 Å². The number of anilines is 1. The second-order valence-electron chi connectivity index (χ2n) is 5.42. The minimum absolute atomic E-state index is 0.231. The highest BCUT2D eigenvalue weighted by atomic mass is 16.6. The van der Waals surface area contributed by atoms with Crippen LogP contribution >= 0.6 is 0 Å². The van der Waals surface area contributed by atoms with Crippen molar-refractivity contribution in [2.24, 2.45) is 0 Å². The molecule has 0 aromatic heterocycles. The van der Waals surface area contributed by atoms with Crippen molar-refractivity contribution >= 4 is 11.8 Å². The van der Waals surface area contributed by atoms with Crippen molar-refractivity contribution in [1.29, 1.82) is 0 Å². The molecule has 122 valence electrons. The fraction of sp³-hybridized carbons (Fsp3) is 0.278. The van der Waals surface area contributed by atoms with E-state index in [1.807, 2.05) is 51.1 Å². The summed E-state index contributed by atoms with van der Waals surface area (Å²) >= 11 is 0. The average Bonchev–Trinajstić information content (AvgIpc) is 2.52. The van der Waals surface area contributed by atoms with Crippen molar-refractivity contribution < 1.29 is 19.5 Å². The van der Waals surface area contributed by atoms with E-state index >= 15 is 0 Å². The van der Waals surface area contributed by atoms with Crippen molar-refractivity contribution in [1.82, 2.24) is 0 Å². The Kier molecular flexibility index (Phi) is 5.24. The first-order chi connectivity index (χ1) is 10.9. The average molecular weight is 315 g/mol. The van der Waals surface area contributed by atoms with Gasteiger partial charge in [-0.05, 0) is 38.0 Å². The number of carbonyl (C=O) groups excluding carboxylic acids is 1. The van der Waals surface area contributed by atoms with E-state index in [-0.39, 0.29) is 6.61 Å². The molecule has 5 nitrogen and oxygen atoms in total. The van der Waals surface area contributed by atoms with Gasteiger partial charge in [0.15, 0.2) is 0 Å². The molecule has 0 atom stereocenters. The summed E-state index contributed by atoms with van der Waals surface area (Å²) in [7, 11) is 1.22. The predicted molar refractivity (Wildman–Crippen MR) is 88.1 cm³/mol. The van der Waals surface area contributed by atoms with Crippen LogP contribution < -0.4 is 9.80 Å². The number of hydrogen-bond donors (Lipinski definition) is 1. The molecule has 2 rings (SSSR count). The molecule has 0 saturated heterocycles. The number of rotatable bonds is 4. The number of methoxy groups -OCH3 is 1. The second kappa shape index (κ2) is 7.15. The van der Waals surface area contributed by atoms with E-state index < -0.39 is 6.09 Å². The van der Waals surface area contributed by atoms with E-state index in [0.717, 1.165) is 16.9 Å². The highest BCUT2D eigenvalue weighted by Crippen LogP contribution is 2.27. The van der Waals surface area contributed by atoms with Crippen LogP contribution in [0.1, 0.15) is 22.3 Å². The summed E-state index contributed by atoms with van der Waals surface area (Å²) in [5.41, 5.74) is 4.02. The quantitative estimate of drug-likeness (QED) is 0.680. The Bertz CT molecular complexity index is 712. The number of hydroxylamine groups is 1. The van der Waals surface area contributed by atoms with Crippen LogP contribution in [0.15, 0.2) is 36.4 Å². The van der Waals surface area contributed by atoms with Gasteiger partial charge < -0.3 is 9.47 Å². The number of aryl methyl sites for hydroxylation is 3. The third kappa shape index (κ3) is 3.81. The zero-order valence-corrected chi connectivity index (χ0v) is 13.8. The predicted octanol–water partition coefficient (Wildman–Crippen LogP) is 4.15. The molecule has 0 fully saturated rings. The minimum atomic E-state index is -0.841. The van der Waals surface area contributed by atoms with E-state index in [0.29, 0.717) is 16.3 Å². The molecular formula is C18H21NO4. The molecule has 1 amide bonds. The molecular weight excluding hydrogens is 294 g/mol. The van der Waals surface area contributed by atoms with Crippen LogP contribution in [0.4, 0.5) is 10.5 Å². The zero-order valence-electron chi connectivity index (χ0n) is 13.8. The molecule has 0 spiro atoms. The molecule has 5 heteroatoms. The summed E-state index contributed by atoms with van der Waals surface area (Å²) in [6.07, 6.45) is -0.841. The van der Waals surface area contributed by atoms with Crippen molar-refractivity contribution in [3.05, 3.63) is 58.7 Å². The summed E-state index contributed by atoms with van der Waals surface area (Å²) < 4.78 is 10.4. The number of amides is 1. The summed E-state index contributed by atoms with van der Waals surface area (Å²) in [6.45, 7) is 6.04. The Hall–Kier alpha value is -2.53. The van der Waals surface area contributed by atoms with Gasteiger partial charge in [0.05, 0.1) is 12.8 Å². The molecule has 2 aromatic rings. The van der Waals surface area contributed by atoms with E-state index in [1.165, 1.54) is 12.7 Å². The van der Waals surface area contributed by atoms with Gasteiger partial charge in [-0.2, -0.15) is 5.06 Å². The zero-order chi connectivity index (χ0) is 17.0. The second-order valence-corrected chi connectivity index (χ2v) is 5.42. The van der Waals surface area contributed by atoms with Gasteiger partial charge in [-0.1, -0.05) is 35.9 Å². The third-order valence-corrected chi connectivity index (χ3v) is 3.59. The van der Waals surface area contributed by atoms with Gasteiger partial charge in [0.2, 0.25) is 0 Å². The van der Waals surface area contributed by atoms with Crippen molar-refractivity contribution in [2.75, 3.05) is 12.2 Å². The van der Waals surface area contributed by atoms with Gasteiger partial charge in [-0.15, -0.1) is 0 Å².